The third-order valence-electron chi connectivity index (χ3n) is 8.60. The van der Waals surface area contributed by atoms with Crippen molar-refractivity contribution in [3.8, 4) is 0 Å². The maximum Gasteiger partial charge on any atom is 0.243 e. The average molecular weight is 373 g/mol. The Morgan fingerprint density at radius 1 is 1.19 bits per heavy atom. The number of rotatable bonds is 2. The van der Waals surface area contributed by atoms with Gasteiger partial charge in [-0.25, -0.2) is 0 Å². The molecule has 1 aliphatic heterocycles. The van der Waals surface area contributed by atoms with Crippen molar-refractivity contribution in [2.24, 2.45) is 45.7 Å². The van der Waals surface area contributed by atoms with Crippen molar-refractivity contribution in [3.05, 3.63) is 12.2 Å². The molecule has 27 heavy (non-hydrogen) atoms. The fraction of sp³-hybridized carbons (Fsp3) is 0.826. The topological polar surface area (TPSA) is 72.2 Å². The monoisotopic (exact) mass is 372 g/mol. The minimum absolute atomic E-state index is 0.0369. The number of carbonyl (C=O) groups excluding carboxylic acids is 2. The Morgan fingerprint density at radius 2 is 1.93 bits per heavy atom. The molecular weight excluding hydrogens is 336 g/mol. The summed E-state index contributed by atoms with van der Waals surface area (Å²) in [6.45, 7) is 9.26. The number of amides is 2. The van der Waals surface area contributed by atoms with E-state index in [2.05, 4.69) is 39.1 Å². The van der Waals surface area contributed by atoms with Gasteiger partial charge in [0.15, 0.2) is 0 Å². The molecule has 0 aromatic heterocycles. The molecule has 4 aliphatic rings. The van der Waals surface area contributed by atoms with Crippen LogP contribution in [-0.4, -0.2) is 17.9 Å². The summed E-state index contributed by atoms with van der Waals surface area (Å²) >= 11 is 0. The summed E-state index contributed by atoms with van der Waals surface area (Å²) in [7, 11) is 0. The van der Waals surface area contributed by atoms with Crippen LogP contribution >= 0.6 is 0 Å². The molecule has 2 amide bonds. The van der Waals surface area contributed by atoms with Crippen LogP contribution in [0.3, 0.4) is 0 Å². The standard InChI is InChI=1S/C23H36N2O2/c1-21(2,3)13-23-12-9-15-14(16(23)6-7-17(23)20(24)27)5-8-18-22(15,4)11-10-19(26)25-18/h10-11,14-18H,5-9,12-13H2,1-4H3,(H2,24,27)(H,25,26)/t14-,15+,16+,17?,18?,22-,23-/m1/s1. The molecule has 4 nitrogen and oxygen atoms in total. The fourth-order valence-electron chi connectivity index (χ4n) is 7.90. The molecule has 0 bridgehead atoms. The molecule has 4 rings (SSSR count). The fourth-order valence-corrected chi connectivity index (χ4v) is 7.90. The first-order valence-corrected chi connectivity index (χ1v) is 10.9. The van der Waals surface area contributed by atoms with Crippen LogP contribution in [0.15, 0.2) is 12.2 Å². The van der Waals surface area contributed by atoms with Crippen LogP contribution in [0.5, 0.6) is 0 Å². The first kappa shape index (κ1) is 19.0. The minimum Gasteiger partial charge on any atom is -0.369 e. The largest absolute Gasteiger partial charge is 0.369 e. The molecule has 3 fully saturated rings. The van der Waals surface area contributed by atoms with Gasteiger partial charge in [0, 0.05) is 17.4 Å². The van der Waals surface area contributed by atoms with Crippen LogP contribution in [0.4, 0.5) is 0 Å². The molecule has 0 spiro atoms. The van der Waals surface area contributed by atoms with Gasteiger partial charge in [0.1, 0.15) is 0 Å². The van der Waals surface area contributed by atoms with E-state index in [1.54, 1.807) is 6.08 Å². The van der Waals surface area contributed by atoms with Crippen LogP contribution < -0.4 is 11.1 Å². The molecular formula is C23H36N2O2. The highest BCUT2D eigenvalue weighted by Gasteiger charge is 2.62. The Morgan fingerprint density at radius 3 is 2.59 bits per heavy atom. The highest BCUT2D eigenvalue weighted by atomic mass is 16.2. The second kappa shape index (κ2) is 6.09. The molecule has 0 saturated heterocycles. The number of carbonyl (C=O) groups is 2. The number of primary amides is 1. The average Bonchev–Trinajstić information content (AvgIpc) is 2.92. The van der Waals surface area contributed by atoms with Crippen molar-refractivity contribution < 1.29 is 9.59 Å². The van der Waals surface area contributed by atoms with Gasteiger partial charge in [0.25, 0.3) is 0 Å². The van der Waals surface area contributed by atoms with Crippen LogP contribution in [-0.2, 0) is 9.59 Å². The molecule has 0 aromatic carbocycles. The van der Waals surface area contributed by atoms with Gasteiger partial charge in [-0.2, -0.15) is 0 Å². The highest BCUT2D eigenvalue weighted by Crippen LogP contribution is 2.67. The highest BCUT2D eigenvalue weighted by molar-refractivity contribution is 5.89. The van der Waals surface area contributed by atoms with E-state index in [0.29, 0.717) is 17.8 Å². The number of nitrogens with one attached hydrogen (secondary N) is 1. The van der Waals surface area contributed by atoms with E-state index in [4.69, 9.17) is 5.73 Å². The van der Waals surface area contributed by atoms with E-state index in [0.717, 1.165) is 38.5 Å². The molecule has 7 atom stereocenters. The predicted molar refractivity (Wildman–Crippen MR) is 107 cm³/mol. The Balaban J connectivity index is 1.70. The summed E-state index contributed by atoms with van der Waals surface area (Å²) in [5.74, 6) is 1.85. The maximum absolute atomic E-state index is 12.4. The van der Waals surface area contributed by atoms with E-state index in [-0.39, 0.29) is 40.0 Å². The lowest BCUT2D eigenvalue weighted by Gasteiger charge is -2.60. The summed E-state index contributed by atoms with van der Waals surface area (Å²) in [5, 5.41) is 3.23. The Labute approximate surface area is 163 Å². The predicted octanol–water partition coefficient (Wildman–Crippen LogP) is 3.80. The molecule has 3 aliphatic carbocycles. The minimum atomic E-state index is -0.0788. The molecule has 4 heteroatoms. The molecule has 3 saturated carbocycles. The first-order valence-electron chi connectivity index (χ1n) is 10.9. The van der Waals surface area contributed by atoms with Gasteiger partial charge in [-0.1, -0.05) is 33.8 Å². The number of hydrogen-bond acceptors (Lipinski definition) is 2. The van der Waals surface area contributed by atoms with Crippen molar-refractivity contribution in [3.63, 3.8) is 0 Å². The maximum atomic E-state index is 12.4. The van der Waals surface area contributed by atoms with Gasteiger partial charge in [-0.15, -0.1) is 0 Å². The first-order chi connectivity index (χ1) is 12.6. The summed E-state index contributed by atoms with van der Waals surface area (Å²) in [5.41, 5.74) is 6.25. The van der Waals surface area contributed by atoms with Gasteiger partial charge in [0.2, 0.25) is 11.8 Å². The summed E-state index contributed by atoms with van der Waals surface area (Å²) in [6.07, 6.45) is 11.6. The third kappa shape index (κ3) is 2.86. The van der Waals surface area contributed by atoms with E-state index >= 15 is 0 Å². The van der Waals surface area contributed by atoms with Crippen molar-refractivity contribution in [1.82, 2.24) is 5.32 Å². The molecule has 3 N–H and O–H groups in total. The third-order valence-corrected chi connectivity index (χ3v) is 8.60. The van der Waals surface area contributed by atoms with Crippen LogP contribution in [0.1, 0.15) is 72.6 Å². The van der Waals surface area contributed by atoms with Crippen molar-refractivity contribution in [2.75, 3.05) is 0 Å². The Hall–Kier alpha value is -1.32. The van der Waals surface area contributed by atoms with Gasteiger partial charge in [0.05, 0.1) is 0 Å². The SMILES string of the molecule is CC(C)(C)C[C@]12CC[C@H]3[C@@H](CCC4NC(=O)C=C[C@@]43C)[C@@H]1CCC2C(N)=O. The van der Waals surface area contributed by atoms with Crippen LogP contribution in [0, 0.1) is 39.9 Å². The second-order valence-electron chi connectivity index (χ2n) is 11.3. The molecule has 0 radical (unpaired) electrons. The van der Waals surface area contributed by atoms with Crippen molar-refractivity contribution in [2.45, 2.75) is 78.7 Å². The molecule has 150 valence electrons. The summed E-state index contributed by atoms with van der Waals surface area (Å²) in [6, 6.07) is 0.264. The van der Waals surface area contributed by atoms with Gasteiger partial charge in [-0.3, -0.25) is 9.59 Å². The van der Waals surface area contributed by atoms with Crippen LogP contribution in [0.25, 0.3) is 0 Å². The Bertz CT molecular complexity index is 678. The smallest absolute Gasteiger partial charge is 0.243 e. The number of hydrogen-bond donors (Lipinski definition) is 2. The van der Waals surface area contributed by atoms with Gasteiger partial charge in [-0.05, 0) is 79.6 Å². The van der Waals surface area contributed by atoms with E-state index in [1.807, 2.05) is 0 Å². The quantitative estimate of drug-likeness (QED) is 0.774. The van der Waals surface area contributed by atoms with E-state index < -0.39 is 0 Å². The van der Waals surface area contributed by atoms with E-state index in [1.165, 1.54) is 6.42 Å². The van der Waals surface area contributed by atoms with Crippen LogP contribution in [0.2, 0.25) is 0 Å². The normalized spacial score (nSPS) is 46.2. The molecule has 1 heterocycles. The number of nitrogens with two attached hydrogens (primary N) is 1. The van der Waals surface area contributed by atoms with Crippen molar-refractivity contribution >= 4 is 11.8 Å². The summed E-state index contributed by atoms with van der Waals surface area (Å²) in [4.78, 5) is 24.3. The lowest BCUT2D eigenvalue weighted by molar-refractivity contribution is -0.135. The lowest BCUT2D eigenvalue weighted by atomic mass is 9.46. The van der Waals surface area contributed by atoms with Gasteiger partial charge < -0.3 is 11.1 Å². The lowest BCUT2D eigenvalue weighted by Crippen LogP contribution is -2.60. The zero-order chi connectivity index (χ0) is 19.6. The number of fused-ring (bicyclic) bond motifs is 5. The van der Waals surface area contributed by atoms with Gasteiger partial charge >= 0.3 is 0 Å². The summed E-state index contributed by atoms with van der Waals surface area (Å²) < 4.78 is 0. The van der Waals surface area contributed by atoms with E-state index in [9.17, 15) is 9.59 Å². The zero-order valence-electron chi connectivity index (χ0n) is 17.4. The Kier molecular flexibility index (Phi) is 4.29. The molecule has 0 aromatic rings. The second-order valence-corrected chi connectivity index (χ2v) is 11.3. The van der Waals surface area contributed by atoms with Crippen molar-refractivity contribution in [1.29, 1.82) is 0 Å². The zero-order valence-corrected chi connectivity index (χ0v) is 17.4. The molecule has 2 unspecified atom stereocenters.